The number of rotatable bonds is 1. The zero-order valence-electron chi connectivity index (χ0n) is 6.05. The summed E-state index contributed by atoms with van der Waals surface area (Å²) in [5.74, 6) is -0.284. The van der Waals surface area contributed by atoms with E-state index in [1.807, 2.05) is 13.0 Å². The van der Waals surface area contributed by atoms with Gasteiger partial charge in [-0.15, -0.1) is 0 Å². The normalized spacial score (nSPS) is 25.7. The number of carbonyl (C=O) groups is 1. The largest absolute Gasteiger partial charge is 0.368 e. The van der Waals surface area contributed by atoms with Gasteiger partial charge in [-0.05, 0) is 19.9 Å². The van der Waals surface area contributed by atoms with Gasteiger partial charge in [-0.2, -0.15) is 0 Å². The van der Waals surface area contributed by atoms with Crippen LogP contribution in [0.3, 0.4) is 0 Å². The van der Waals surface area contributed by atoms with E-state index in [2.05, 4.69) is 5.32 Å². The van der Waals surface area contributed by atoms with Crippen LogP contribution < -0.4 is 11.1 Å². The molecule has 1 amide bonds. The van der Waals surface area contributed by atoms with Crippen molar-refractivity contribution in [3.05, 3.63) is 11.6 Å². The third-order valence-corrected chi connectivity index (χ3v) is 1.70. The lowest BCUT2D eigenvalue weighted by atomic mass is 10.0. The maximum absolute atomic E-state index is 10.7. The Kier molecular flexibility index (Phi) is 2.06. The Labute approximate surface area is 60.3 Å². The van der Waals surface area contributed by atoms with Crippen LogP contribution in [0.15, 0.2) is 11.6 Å². The van der Waals surface area contributed by atoms with Gasteiger partial charge in [0.25, 0.3) is 0 Å². The van der Waals surface area contributed by atoms with Gasteiger partial charge in [0.2, 0.25) is 5.91 Å². The standard InChI is InChI=1S/C7H12N2O/c1-5-3-2-4-9-6(5)7(8)10/h3,6,9H,2,4H2,1H3,(H2,8,10). The van der Waals surface area contributed by atoms with Crippen LogP contribution in [0.1, 0.15) is 13.3 Å². The third kappa shape index (κ3) is 1.36. The van der Waals surface area contributed by atoms with Crippen LogP contribution in [0, 0.1) is 0 Å². The molecule has 1 atom stereocenters. The maximum Gasteiger partial charge on any atom is 0.238 e. The first-order chi connectivity index (χ1) is 4.72. The van der Waals surface area contributed by atoms with Gasteiger partial charge in [-0.25, -0.2) is 0 Å². The summed E-state index contributed by atoms with van der Waals surface area (Å²) >= 11 is 0. The summed E-state index contributed by atoms with van der Waals surface area (Å²) in [6, 6.07) is -0.228. The Morgan fingerprint density at radius 3 is 3.00 bits per heavy atom. The molecule has 0 aliphatic carbocycles. The van der Waals surface area contributed by atoms with Gasteiger partial charge in [0.05, 0.1) is 0 Å². The molecule has 0 aromatic heterocycles. The predicted octanol–water partition coefficient (Wildman–Crippen LogP) is -0.220. The van der Waals surface area contributed by atoms with Gasteiger partial charge >= 0.3 is 0 Å². The number of hydrogen-bond acceptors (Lipinski definition) is 2. The summed E-state index contributed by atoms with van der Waals surface area (Å²) in [6.45, 7) is 2.77. The zero-order valence-corrected chi connectivity index (χ0v) is 6.05. The molecule has 0 aromatic carbocycles. The average molecular weight is 140 g/mol. The minimum Gasteiger partial charge on any atom is -0.368 e. The van der Waals surface area contributed by atoms with Crippen LogP contribution in [0.5, 0.6) is 0 Å². The molecule has 0 saturated heterocycles. The smallest absolute Gasteiger partial charge is 0.238 e. The second-order valence-electron chi connectivity index (χ2n) is 2.53. The van der Waals surface area contributed by atoms with Crippen molar-refractivity contribution in [1.29, 1.82) is 0 Å². The lowest BCUT2D eigenvalue weighted by molar-refractivity contribution is -0.119. The van der Waals surface area contributed by atoms with E-state index in [4.69, 9.17) is 5.73 Å². The van der Waals surface area contributed by atoms with E-state index in [0.717, 1.165) is 18.5 Å². The number of nitrogens with two attached hydrogens (primary N) is 1. The van der Waals surface area contributed by atoms with Crippen LogP contribution in [0.2, 0.25) is 0 Å². The molecular weight excluding hydrogens is 128 g/mol. The fourth-order valence-electron chi connectivity index (χ4n) is 1.13. The highest BCUT2D eigenvalue weighted by atomic mass is 16.1. The summed E-state index contributed by atoms with van der Waals surface area (Å²) in [5.41, 5.74) is 6.16. The molecule has 3 heteroatoms. The fourth-order valence-corrected chi connectivity index (χ4v) is 1.13. The van der Waals surface area contributed by atoms with Crippen LogP contribution in [-0.4, -0.2) is 18.5 Å². The van der Waals surface area contributed by atoms with Gasteiger partial charge in [0, 0.05) is 0 Å². The van der Waals surface area contributed by atoms with E-state index < -0.39 is 0 Å². The van der Waals surface area contributed by atoms with Gasteiger partial charge in [0.15, 0.2) is 0 Å². The Bertz CT molecular complexity index is 174. The van der Waals surface area contributed by atoms with Crippen LogP contribution in [0.4, 0.5) is 0 Å². The van der Waals surface area contributed by atoms with Crippen molar-refractivity contribution in [3.63, 3.8) is 0 Å². The van der Waals surface area contributed by atoms with Crippen molar-refractivity contribution in [2.45, 2.75) is 19.4 Å². The van der Waals surface area contributed by atoms with Crippen molar-refractivity contribution in [2.24, 2.45) is 5.73 Å². The summed E-state index contributed by atoms with van der Waals surface area (Å²) < 4.78 is 0. The first kappa shape index (κ1) is 7.28. The maximum atomic E-state index is 10.7. The number of primary amides is 1. The van der Waals surface area contributed by atoms with Crippen LogP contribution in [-0.2, 0) is 4.79 Å². The number of hydrogen-bond donors (Lipinski definition) is 2. The zero-order chi connectivity index (χ0) is 7.56. The quantitative estimate of drug-likeness (QED) is 0.495. The van der Waals surface area contributed by atoms with Crippen molar-refractivity contribution < 1.29 is 4.79 Å². The molecule has 1 unspecified atom stereocenters. The minimum absolute atomic E-state index is 0.228. The molecule has 3 nitrogen and oxygen atoms in total. The Hall–Kier alpha value is -0.830. The number of amides is 1. The Morgan fingerprint density at radius 1 is 1.90 bits per heavy atom. The second-order valence-corrected chi connectivity index (χ2v) is 2.53. The van der Waals surface area contributed by atoms with Crippen LogP contribution >= 0.6 is 0 Å². The second kappa shape index (κ2) is 2.84. The van der Waals surface area contributed by atoms with Crippen molar-refractivity contribution in [2.75, 3.05) is 6.54 Å². The minimum atomic E-state index is -0.284. The average Bonchev–Trinajstić information content (AvgIpc) is 1.88. The predicted molar refractivity (Wildman–Crippen MR) is 39.4 cm³/mol. The highest BCUT2D eigenvalue weighted by Crippen LogP contribution is 2.06. The molecule has 1 aliphatic rings. The molecule has 0 radical (unpaired) electrons. The molecule has 1 rings (SSSR count). The Morgan fingerprint density at radius 2 is 2.60 bits per heavy atom. The molecule has 3 N–H and O–H groups in total. The lowest BCUT2D eigenvalue weighted by Gasteiger charge is -2.19. The van der Waals surface area contributed by atoms with Crippen molar-refractivity contribution in [3.8, 4) is 0 Å². The molecule has 0 fully saturated rings. The first-order valence-corrected chi connectivity index (χ1v) is 3.41. The first-order valence-electron chi connectivity index (χ1n) is 3.41. The molecular formula is C7H12N2O. The monoisotopic (exact) mass is 140 g/mol. The van der Waals surface area contributed by atoms with Crippen molar-refractivity contribution >= 4 is 5.91 Å². The molecule has 0 saturated carbocycles. The summed E-state index contributed by atoms with van der Waals surface area (Å²) in [7, 11) is 0. The molecule has 56 valence electrons. The molecule has 0 bridgehead atoms. The number of nitrogens with one attached hydrogen (secondary N) is 1. The number of carbonyl (C=O) groups excluding carboxylic acids is 1. The van der Waals surface area contributed by atoms with E-state index in [1.165, 1.54) is 0 Å². The molecule has 10 heavy (non-hydrogen) atoms. The SMILES string of the molecule is CC1=CCCNC1C(N)=O. The highest BCUT2D eigenvalue weighted by Gasteiger charge is 2.17. The van der Waals surface area contributed by atoms with Gasteiger partial charge < -0.3 is 11.1 Å². The molecule has 0 spiro atoms. The molecule has 1 heterocycles. The lowest BCUT2D eigenvalue weighted by Crippen LogP contribution is -2.44. The fraction of sp³-hybridized carbons (Fsp3) is 0.571. The van der Waals surface area contributed by atoms with E-state index in [1.54, 1.807) is 0 Å². The Balaban J connectivity index is 2.67. The van der Waals surface area contributed by atoms with Crippen LogP contribution in [0.25, 0.3) is 0 Å². The summed E-state index contributed by atoms with van der Waals surface area (Å²) in [5, 5.41) is 3.03. The van der Waals surface area contributed by atoms with E-state index in [0.29, 0.717) is 0 Å². The van der Waals surface area contributed by atoms with E-state index in [9.17, 15) is 4.79 Å². The van der Waals surface area contributed by atoms with E-state index in [-0.39, 0.29) is 11.9 Å². The van der Waals surface area contributed by atoms with Gasteiger partial charge in [-0.3, -0.25) is 4.79 Å². The highest BCUT2D eigenvalue weighted by molar-refractivity contribution is 5.83. The third-order valence-electron chi connectivity index (χ3n) is 1.70. The van der Waals surface area contributed by atoms with Gasteiger partial charge in [-0.1, -0.05) is 11.6 Å². The van der Waals surface area contributed by atoms with Crippen molar-refractivity contribution in [1.82, 2.24) is 5.32 Å². The van der Waals surface area contributed by atoms with E-state index >= 15 is 0 Å². The molecule has 0 aromatic rings. The topological polar surface area (TPSA) is 55.1 Å². The summed E-state index contributed by atoms with van der Waals surface area (Å²) in [4.78, 5) is 10.7. The summed E-state index contributed by atoms with van der Waals surface area (Å²) in [6.07, 6.45) is 3.04. The van der Waals surface area contributed by atoms with Gasteiger partial charge in [0.1, 0.15) is 6.04 Å². The molecule has 1 aliphatic heterocycles.